The quantitative estimate of drug-likeness (QED) is 0.499. The average Bonchev–Trinajstić information content (AvgIpc) is 3.41. The predicted octanol–water partition coefficient (Wildman–Crippen LogP) is 3.98. The van der Waals surface area contributed by atoms with E-state index in [2.05, 4.69) is 52.0 Å². The number of aromatic amines is 1. The summed E-state index contributed by atoms with van der Waals surface area (Å²) in [5.41, 5.74) is 6.31. The molecule has 2 fully saturated rings. The van der Waals surface area contributed by atoms with Gasteiger partial charge in [0.2, 0.25) is 5.65 Å². The van der Waals surface area contributed by atoms with Crippen LogP contribution in [-0.2, 0) is 4.74 Å². The van der Waals surface area contributed by atoms with Gasteiger partial charge in [0, 0.05) is 17.0 Å². The molecule has 1 aromatic carbocycles. The number of nitrogens with one attached hydrogen (secondary N) is 1. The van der Waals surface area contributed by atoms with E-state index < -0.39 is 0 Å². The first-order valence-corrected chi connectivity index (χ1v) is 11.8. The zero-order valence-corrected chi connectivity index (χ0v) is 19.4. The van der Waals surface area contributed by atoms with Crippen molar-refractivity contribution >= 4 is 16.6 Å². The maximum atomic E-state index is 5.57. The van der Waals surface area contributed by atoms with E-state index >= 15 is 0 Å². The van der Waals surface area contributed by atoms with E-state index in [1.54, 1.807) is 7.11 Å². The van der Waals surface area contributed by atoms with Crippen molar-refractivity contribution in [1.82, 2.24) is 29.7 Å². The number of H-pyrrole nitrogens is 1. The third kappa shape index (κ3) is 3.48. The summed E-state index contributed by atoms with van der Waals surface area (Å²) in [6, 6.07) is 9.52. The van der Waals surface area contributed by atoms with Gasteiger partial charge in [0.25, 0.3) is 0 Å². The molecule has 2 aliphatic heterocycles. The van der Waals surface area contributed by atoms with Crippen molar-refractivity contribution in [1.29, 1.82) is 0 Å². The fourth-order valence-electron chi connectivity index (χ4n) is 5.38. The topological polar surface area (TPSA) is 80.6 Å². The van der Waals surface area contributed by atoms with Gasteiger partial charge in [0.05, 0.1) is 32.1 Å². The molecule has 3 aromatic heterocycles. The molecule has 0 spiro atoms. The molecule has 1 N–H and O–H groups in total. The van der Waals surface area contributed by atoms with Crippen LogP contribution in [0.15, 0.2) is 30.6 Å². The summed E-state index contributed by atoms with van der Waals surface area (Å²) in [6.45, 7) is 8.60. The van der Waals surface area contributed by atoms with Crippen LogP contribution >= 0.6 is 0 Å². The second-order valence-corrected chi connectivity index (χ2v) is 9.55. The highest BCUT2D eigenvalue weighted by Crippen LogP contribution is 2.39. The van der Waals surface area contributed by atoms with E-state index in [9.17, 15) is 0 Å². The number of aromatic nitrogens is 5. The highest BCUT2D eigenvalue weighted by molar-refractivity contribution is 5.91. The number of methoxy groups -OCH3 is 1. The highest BCUT2D eigenvalue weighted by Gasteiger charge is 2.30. The molecule has 6 rings (SSSR count). The van der Waals surface area contributed by atoms with Gasteiger partial charge in [-0.25, -0.2) is 4.98 Å². The molecule has 4 aromatic rings. The minimum absolute atomic E-state index is 0.337. The smallest absolute Gasteiger partial charge is 0.218 e. The third-order valence-electron chi connectivity index (χ3n) is 7.28. The third-order valence-corrected chi connectivity index (χ3v) is 7.28. The minimum atomic E-state index is 0.337. The van der Waals surface area contributed by atoms with Crippen molar-refractivity contribution in [2.24, 2.45) is 0 Å². The van der Waals surface area contributed by atoms with Crippen molar-refractivity contribution < 1.29 is 9.47 Å². The molecule has 0 radical (unpaired) electrons. The number of benzene rings is 1. The fourth-order valence-corrected chi connectivity index (χ4v) is 5.38. The van der Waals surface area contributed by atoms with Gasteiger partial charge in [-0.1, -0.05) is 19.9 Å². The highest BCUT2D eigenvalue weighted by atomic mass is 16.5. The van der Waals surface area contributed by atoms with E-state index in [1.165, 1.54) is 40.3 Å². The number of fused-ring (bicyclic) bond motifs is 2. The van der Waals surface area contributed by atoms with E-state index in [-0.39, 0.29) is 0 Å². The summed E-state index contributed by atoms with van der Waals surface area (Å²) in [5, 5.41) is 10.2. The maximum Gasteiger partial charge on any atom is 0.218 e. The van der Waals surface area contributed by atoms with Crippen molar-refractivity contribution in [3.05, 3.63) is 41.7 Å². The van der Waals surface area contributed by atoms with Crippen LogP contribution in [0, 0.1) is 0 Å². The molecule has 0 saturated carbocycles. The normalized spacial score (nSPS) is 18.4. The van der Waals surface area contributed by atoms with Crippen molar-refractivity contribution in [3.8, 4) is 17.1 Å². The maximum absolute atomic E-state index is 5.57. The summed E-state index contributed by atoms with van der Waals surface area (Å²) in [5.74, 6) is 1.61. The fraction of sp³-hybridized carbons (Fsp3) is 0.480. The van der Waals surface area contributed by atoms with Gasteiger partial charge in [0.1, 0.15) is 12.0 Å². The van der Waals surface area contributed by atoms with Gasteiger partial charge in [-0.3, -0.25) is 4.90 Å². The molecule has 0 atom stereocenters. The lowest BCUT2D eigenvalue weighted by Gasteiger charge is -2.41. The molecule has 0 unspecified atom stereocenters. The molecule has 8 heteroatoms. The Kier molecular flexibility index (Phi) is 5.07. The minimum Gasteiger partial charge on any atom is -0.493 e. The monoisotopic (exact) mass is 446 g/mol. The number of likely N-dealkylation sites (tertiary alicyclic amines) is 1. The molecule has 0 bridgehead atoms. The second kappa shape index (κ2) is 8.11. The zero-order chi connectivity index (χ0) is 22.5. The Bertz CT molecular complexity index is 1300. The van der Waals surface area contributed by atoms with Crippen LogP contribution in [0.5, 0.6) is 5.75 Å². The first-order valence-electron chi connectivity index (χ1n) is 11.8. The van der Waals surface area contributed by atoms with Gasteiger partial charge in [0.15, 0.2) is 5.75 Å². The summed E-state index contributed by atoms with van der Waals surface area (Å²) >= 11 is 0. The number of piperidine rings is 1. The van der Waals surface area contributed by atoms with E-state index in [4.69, 9.17) is 14.6 Å². The van der Waals surface area contributed by atoms with Crippen molar-refractivity contribution in [2.45, 2.75) is 44.6 Å². The first kappa shape index (κ1) is 20.6. The summed E-state index contributed by atoms with van der Waals surface area (Å²) in [7, 11) is 1.65. The van der Waals surface area contributed by atoms with Crippen LogP contribution < -0.4 is 4.74 Å². The van der Waals surface area contributed by atoms with Gasteiger partial charge < -0.3 is 14.5 Å². The Labute approximate surface area is 192 Å². The van der Waals surface area contributed by atoms with Gasteiger partial charge in [-0.2, -0.15) is 0 Å². The molecule has 172 valence electrons. The van der Waals surface area contributed by atoms with Crippen molar-refractivity contribution in [2.75, 3.05) is 33.4 Å². The molecule has 0 aliphatic carbocycles. The number of nitrogens with zero attached hydrogens (tertiary/aromatic N) is 5. The van der Waals surface area contributed by atoms with Gasteiger partial charge in [-0.05, 0) is 61.0 Å². The average molecular weight is 447 g/mol. The molecular weight excluding hydrogens is 416 g/mol. The number of ether oxygens (including phenoxy) is 2. The van der Waals surface area contributed by atoms with Crippen LogP contribution in [0.1, 0.15) is 49.7 Å². The summed E-state index contributed by atoms with van der Waals surface area (Å²) in [4.78, 5) is 10.5. The van der Waals surface area contributed by atoms with Crippen LogP contribution in [0.3, 0.4) is 0 Å². The Morgan fingerprint density at radius 2 is 1.97 bits per heavy atom. The summed E-state index contributed by atoms with van der Waals surface area (Å²) < 4.78 is 12.5. The Morgan fingerprint density at radius 1 is 1.15 bits per heavy atom. The summed E-state index contributed by atoms with van der Waals surface area (Å²) in [6.07, 6.45) is 3.91. The first-order chi connectivity index (χ1) is 16.1. The SMILES string of the molecule is COc1cc(-c2[nH]c3ccc(C4CCN(C5COC5)CC4)cc3c2C(C)C)nn2ncnc12. The standard InChI is InChI=1S/C25H30N6O2/c1-15(2)23-19-10-17(16-6-8-30(9-7-16)18-12-33-13-18)4-5-20(19)28-24(23)21-11-22(32-3)25-26-14-27-31(25)29-21/h4-5,10-11,14-16,18,28H,6-9,12-13H2,1-3H3. The van der Waals surface area contributed by atoms with E-state index in [1.807, 2.05) is 6.07 Å². The molecule has 33 heavy (non-hydrogen) atoms. The number of hydrogen-bond donors (Lipinski definition) is 1. The van der Waals surface area contributed by atoms with Crippen LogP contribution in [0.2, 0.25) is 0 Å². The predicted molar refractivity (Wildman–Crippen MR) is 127 cm³/mol. The largest absolute Gasteiger partial charge is 0.493 e. The van der Waals surface area contributed by atoms with Crippen LogP contribution in [0.4, 0.5) is 0 Å². The zero-order valence-electron chi connectivity index (χ0n) is 19.4. The molecular formula is C25H30N6O2. The number of hydrogen-bond acceptors (Lipinski definition) is 6. The van der Waals surface area contributed by atoms with Crippen LogP contribution in [-0.4, -0.2) is 69.2 Å². The Balaban J connectivity index is 1.38. The molecule has 0 amide bonds. The molecule has 5 heterocycles. The van der Waals surface area contributed by atoms with E-state index in [0.29, 0.717) is 29.3 Å². The lowest BCUT2D eigenvalue weighted by molar-refractivity contribution is -0.0712. The van der Waals surface area contributed by atoms with Crippen molar-refractivity contribution in [3.63, 3.8) is 0 Å². The van der Waals surface area contributed by atoms with Gasteiger partial charge >= 0.3 is 0 Å². The molecule has 2 aliphatic rings. The lowest BCUT2D eigenvalue weighted by atomic mass is 9.87. The van der Waals surface area contributed by atoms with E-state index in [0.717, 1.165) is 43.2 Å². The molecule has 8 nitrogen and oxygen atoms in total. The second-order valence-electron chi connectivity index (χ2n) is 9.55. The van der Waals surface area contributed by atoms with Crippen LogP contribution in [0.25, 0.3) is 27.9 Å². The lowest BCUT2D eigenvalue weighted by Crippen LogP contribution is -2.51. The molecule has 2 saturated heterocycles. The Morgan fingerprint density at radius 3 is 2.67 bits per heavy atom. The number of rotatable bonds is 5. The van der Waals surface area contributed by atoms with Gasteiger partial charge in [-0.15, -0.1) is 14.8 Å². The Hall–Kier alpha value is -2.97.